The Kier molecular flexibility index (Phi) is 3.72. The van der Waals surface area contributed by atoms with Gasteiger partial charge in [0, 0.05) is 17.2 Å². The first-order valence-electron chi connectivity index (χ1n) is 5.37. The first-order valence-corrected chi connectivity index (χ1v) is 6.35. The Labute approximate surface area is 99.8 Å². The number of amides is 1. The summed E-state index contributed by atoms with van der Waals surface area (Å²) in [4.78, 5) is 14.2. The third kappa shape index (κ3) is 2.92. The lowest BCUT2D eigenvalue weighted by molar-refractivity contribution is 0.160. The Morgan fingerprint density at radius 1 is 1.38 bits per heavy atom. The maximum absolute atomic E-state index is 11.2. The van der Waals surface area contributed by atoms with Crippen LogP contribution < -0.4 is 0 Å². The topological polar surface area (TPSA) is 29.5 Å². The van der Waals surface area contributed by atoms with Gasteiger partial charge in [-0.1, -0.05) is 17.7 Å². The fourth-order valence-electron chi connectivity index (χ4n) is 1.54. The molecule has 1 heterocycles. The zero-order valence-corrected chi connectivity index (χ0v) is 10.1. The molecule has 0 saturated carbocycles. The van der Waals surface area contributed by atoms with E-state index in [0.717, 1.165) is 18.8 Å². The number of rotatable bonds is 4. The molecule has 1 aliphatic rings. The molecule has 0 N–H and O–H groups in total. The third-order valence-corrected chi connectivity index (χ3v) is 3.49. The molecule has 3 nitrogen and oxygen atoms in total. The van der Waals surface area contributed by atoms with E-state index in [0.29, 0.717) is 6.61 Å². The van der Waals surface area contributed by atoms with Crippen molar-refractivity contribution < 1.29 is 9.53 Å². The summed E-state index contributed by atoms with van der Waals surface area (Å²) in [7, 11) is 0. The van der Waals surface area contributed by atoms with Crippen LogP contribution in [0.2, 0.25) is 0 Å². The van der Waals surface area contributed by atoms with Gasteiger partial charge in [0.05, 0.1) is 6.54 Å². The van der Waals surface area contributed by atoms with Gasteiger partial charge in [-0.15, -0.1) is 11.8 Å². The van der Waals surface area contributed by atoms with Crippen LogP contribution in [-0.2, 0) is 4.74 Å². The number of cyclic esters (lactones) is 1. The molecule has 1 aliphatic heterocycles. The highest BCUT2D eigenvalue weighted by molar-refractivity contribution is 7.99. The van der Waals surface area contributed by atoms with Gasteiger partial charge in [-0.3, -0.25) is 0 Å². The summed E-state index contributed by atoms with van der Waals surface area (Å²) in [6.45, 7) is 4.10. The van der Waals surface area contributed by atoms with Gasteiger partial charge in [0.15, 0.2) is 0 Å². The van der Waals surface area contributed by atoms with Gasteiger partial charge in [-0.2, -0.15) is 0 Å². The summed E-state index contributed by atoms with van der Waals surface area (Å²) in [6, 6.07) is 8.43. The minimum Gasteiger partial charge on any atom is -0.448 e. The highest BCUT2D eigenvalue weighted by Gasteiger charge is 2.20. The summed E-state index contributed by atoms with van der Waals surface area (Å²) in [5, 5.41) is 0. The minimum atomic E-state index is -0.176. The highest BCUT2D eigenvalue weighted by atomic mass is 32.2. The minimum absolute atomic E-state index is 0.176. The molecule has 0 atom stereocenters. The number of hydrogen-bond donors (Lipinski definition) is 0. The predicted octanol–water partition coefficient (Wildman–Crippen LogP) is 2.54. The van der Waals surface area contributed by atoms with Crippen LogP contribution in [0.25, 0.3) is 0 Å². The van der Waals surface area contributed by atoms with E-state index in [2.05, 4.69) is 31.2 Å². The number of carbonyl (C=O) groups excluding carboxylic acids is 1. The molecule has 4 heteroatoms. The molecule has 86 valence electrons. The standard InChI is InChI=1S/C12H15NO2S/c1-10-2-4-11(5-3-10)16-9-7-13-6-8-15-12(13)14/h2-5H,6-9H2,1H3. The van der Waals surface area contributed by atoms with E-state index in [-0.39, 0.29) is 6.09 Å². The SMILES string of the molecule is Cc1ccc(SCCN2CCOC2=O)cc1. The van der Waals surface area contributed by atoms with E-state index in [4.69, 9.17) is 4.74 Å². The zero-order valence-electron chi connectivity index (χ0n) is 9.31. The maximum Gasteiger partial charge on any atom is 0.409 e. The van der Waals surface area contributed by atoms with Crippen molar-refractivity contribution in [3.05, 3.63) is 29.8 Å². The second kappa shape index (κ2) is 5.25. The Morgan fingerprint density at radius 3 is 2.75 bits per heavy atom. The largest absolute Gasteiger partial charge is 0.448 e. The van der Waals surface area contributed by atoms with E-state index in [1.807, 2.05) is 0 Å². The lowest BCUT2D eigenvalue weighted by atomic mass is 10.2. The summed E-state index contributed by atoms with van der Waals surface area (Å²) in [5.74, 6) is 0.915. The van der Waals surface area contributed by atoms with Gasteiger partial charge in [0.2, 0.25) is 0 Å². The maximum atomic E-state index is 11.2. The van der Waals surface area contributed by atoms with Gasteiger partial charge < -0.3 is 9.64 Å². The van der Waals surface area contributed by atoms with Crippen molar-refractivity contribution in [2.24, 2.45) is 0 Å². The van der Waals surface area contributed by atoms with Crippen LogP contribution in [0.5, 0.6) is 0 Å². The second-order valence-corrected chi connectivity index (χ2v) is 4.93. The van der Waals surface area contributed by atoms with E-state index in [1.54, 1.807) is 16.7 Å². The van der Waals surface area contributed by atoms with Crippen molar-refractivity contribution in [1.29, 1.82) is 0 Å². The Bertz CT molecular complexity index is 364. The molecule has 1 fully saturated rings. The Balaban J connectivity index is 1.75. The van der Waals surface area contributed by atoms with Crippen LogP contribution in [0, 0.1) is 6.92 Å². The normalized spacial score (nSPS) is 15.3. The number of hydrogen-bond acceptors (Lipinski definition) is 3. The summed E-state index contributed by atoms with van der Waals surface area (Å²) in [6.07, 6.45) is -0.176. The van der Waals surface area contributed by atoms with Gasteiger partial charge >= 0.3 is 6.09 Å². The van der Waals surface area contributed by atoms with Crippen LogP contribution in [0.4, 0.5) is 4.79 Å². The van der Waals surface area contributed by atoms with Crippen molar-refractivity contribution in [2.75, 3.05) is 25.4 Å². The summed E-state index contributed by atoms with van der Waals surface area (Å²) in [5.41, 5.74) is 1.27. The average molecular weight is 237 g/mol. The van der Waals surface area contributed by atoms with E-state index in [1.165, 1.54) is 10.5 Å². The lowest BCUT2D eigenvalue weighted by Gasteiger charge is -2.11. The smallest absolute Gasteiger partial charge is 0.409 e. The lowest BCUT2D eigenvalue weighted by Crippen LogP contribution is -2.26. The molecule has 0 aliphatic carbocycles. The van der Waals surface area contributed by atoms with Crippen LogP contribution >= 0.6 is 11.8 Å². The number of carbonyl (C=O) groups is 1. The molecule has 16 heavy (non-hydrogen) atoms. The average Bonchev–Trinajstić information content (AvgIpc) is 2.68. The van der Waals surface area contributed by atoms with Crippen LogP contribution in [-0.4, -0.2) is 36.4 Å². The first kappa shape index (κ1) is 11.3. The zero-order chi connectivity index (χ0) is 11.4. The van der Waals surface area contributed by atoms with Gasteiger partial charge in [0.1, 0.15) is 6.61 Å². The van der Waals surface area contributed by atoms with Crippen LogP contribution in [0.3, 0.4) is 0 Å². The van der Waals surface area contributed by atoms with Crippen molar-refractivity contribution in [2.45, 2.75) is 11.8 Å². The molecule has 0 unspecified atom stereocenters. The van der Waals surface area contributed by atoms with Crippen molar-refractivity contribution in [3.63, 3.8) is 0 Å². The summed E-state index contributed by atoms with van der Waals surface area (Å²) >= 11 is 1.77. The Morgan fingerprint density at radius 2 is 2.12 bits per heavy atom. The fraction of sp³-hybridized carbons (Fsp3) is 0.417. The second-order valence-electron chi connectivity index (χ2n) is 3.76. The van der Waals surface area contributed by atoms with Gasteiger partial charge in [0.25, 0.3) is 0 Å². The molecule has 0 bridgehead atoms. The van der Waals surface area contributed by atoms with E-state index < -0.39 is 0 Å². The number of ether oxygens (including phenoxy) is 1. The molecule has 0 spiro atoms. The van der Waals surface area contributed by atoms with E-state index in [9.17, 15) is 4.79 Å². The molecule has 1 aromatic carbocycles. The molecular formula is C12H15NO2S. The van der Waals surface area contributed by atoms with Gasteiger partial charge in [-0.05, 0) is 19.1 Å². The third-order valence-electron chi connectivity index (χ3n) is 2.50. The van der Waals surface area contributed by atoms with E-state index >= 15 is 0 Å². The molecular weight excluding hydrogens is 222 g/mol. The fourth-order valence-corrected chi connectivity index (χ4v) is 2.41. The van der Waals surface area contributed by atoms with Crippen molar-refractivity contribution in [3.8, 4) is 0 Å². The molecule has 1 saturated heterocycles. The van der Waals surface area contributed by atoms with Crippen LogP contribution in [0.1, 0.15) is 5.56 Å². The number of benzene rings is 1. The first-order chi connectivity index (χ1) is 7.75. The number of thioether (sulfide) groups is 1. The van der Waals surface area contributed by atoms with Gasteiger partial charge in [-0.25, -0.2) is 4.79 Å². The quantitative estimate of drug-likeness (QED) is 0.754. The molecule has 2 rings (SSSR count). The number of nitrogens with zero attached hydrogens (tertiary/aromatic N) is 1. The number of aryl methyl sites for hydroxylation is 1. The summed E-state index contributed by atoms with van der Waals surface area (Å²) < 4.78 is 4.86. The predicted molar refractivity (Wildman–Crippen MR) is 64.8 cm³/mol. The molecule has 0 radical (unpaired) electrons. The molecule has 0 aromatic heterocycles. The van der Waals surface area contributed by atoms with Crippen molar-refractivity contribution >= 4 is 17.9 Å². The Hall–Kier alpha value is -1.16. The van der Waals surface area contributed by atoms with Crippen molar-refractivity contribution in [1.82, 2.24) is 4.90 Å². The highest BCUT2D eigenvalue weighted by Crippen LogP contribution is 2.18. The van der Waals surface area contributed by atoms with Crippen LogP contribution in [0.15, 0.2) is 29.2 Å². The monoisotopic (exact) mass is 237 g/mol. The molecule has 1 amide bonds. The molecule has 1 aromatic rings.